The Kier molecular flexibility index (Phi) is 4.85. The lowest BCUT2D eigenvalue weighted by atomic mass is 9.89. The van der Waals surface area contributed by atoms with Crippen LogP contribution in [0.5, 0.6) is 0 Å². The average Bonchev–Trinajstić information content (AvgIpc) is 2.39. The predicted molar refractivity (Wildman–Crippen MR) is 76.1 cm³/mol. The van der Waals surface area contributed by atoms with Gasteiger partial charge in [0.05, 0.1) is 5.60 Å². The molecule has 2 aliphatic rings. The third-order valence-corrected chi connectivity index (χ3v) is 4.75. The Morgan fingerprint density at radius 1 is 1.32 bits per heavy atom. The number of piperidine rings is 1. The van der Waals surface area contributed by atoms with E-state index in [0.29, 0.717) is 12.1 Å². The quantitative estimate of drug-likeness (QED) is 0.850. The van der Waals surface area contributed by atoms with Crippen LogP contribution in [0, 0.1) is 0 Å². The number of rotatable bonds is 3. The van der Waals surface area contributed by atoms with Crippen LogP contribution in [-0.4, -0.2) is 48.2 Å². The molecule has 0 bridgehead atoms. The molecule has 110 valence electrons. The van der Waals surface area contributed by atoms with Crippen molar-refractivity contribution >= 4 is 5.91 Å². The average molecular weight is 268 g/mol. The van der Waals surface area contributed by atoms with Crippen LogP contribution < -0.4 is 5.32 Å². The van der Waals surface area contributed by atoms with E-state index in [4.69, 9.17) is 4.74 Å². The molecule has 0 saturated carbocycles. The van der Waals surface area contributed by atoms with Crippen molar-refractivity contribution in [3.8, 4) is 0 Å². The standard InChI is InChI=1S/C15H28N2O2/c1-4-15(3)11-14(7-10-19-15)16-13-5-8-17(9-6-13)12(2)18/h13-14,16H,4-11H2,1-3H3. The zero-order chi connectivity index (χ0) is 13.9. The minimum Gasteiger partial charge on any atom is -0.375 e. The summed E-state index contributed by atoms with van der Waals surface area (Å²) in [7, 11) is 0. The van der Waals surface area contributed by atoms with Crippen LogP contribution in [0.25, 0.3) is 0 Å². The van der Waals surface area contributed by atoms with Crippen molar-refractivity contribution in [1.82, 2.24) is 10.2 Å². The highest BCUT2D eigenvalue weighted by Gasteiger charge is 2.33. The number of nitrogens with one attached hydrogen (secondary N) is 1. The molecule has 0 radical (unpaired) electrons. The molecule has 2 heterocycles. The minimum atomic E-state index is 0.0516. The fourth-order valence-corrected chi connectivity index (χ4v) is 3.21. The Hall–Kier alpha value is -0.610. The zero-order valence-corrected chi connectivity index (χ0v) is 12.6. The molecule has 2 aliphatic heterocycles. The number of ether oxygens (including phenoxy) is 1. The fraction of sp³-hybridized carbons (Fsp3) is 0.933. The van der Waals surface area contributed by atoms with Gasteiger partial charge < -0.3 is 15.0 Å². The molecule has 1 N–H and O–H groups in total. The fourth-order valence-electron chi connectivity index (χ4n) is 3.21. The summed E-state index contributed by atoms with van der Waals surface area (Å²) < 4.78 is 5.89. The van der Waals surface area contributed by atoms with Crippen molar-refractivity contribution in [2.24, 2.45) is 0 Å². The Labute approximate surface area is 116 Å². The van der Waals surface area contributed by atoms with Crippen LogP contribution in [0.4, 0.5) is 0 Å². The van der Waals surface area contributed by atoms with E-state index < -0.39 is 0 Å². The third kappa shape index (κ3) is 3.93. The van der Waals surface area contributed by atoms with Gasteiger partial charge in [-0.25, -0.2) is 0 Å². The molecule has 1 amide bonds. The van der Waals surface area contributed by atoms with Crippen molar-refractivity contribution in [2.75, 3.05) is 19.7 Å². The maximum Gasteiger partial charge on any atom is 0.219 e. The van der Waals surface area contributed by atoms with Gasteiger partial charge in [0, 0.05) is 38.7 Å². The van der Waals surface area contributed by atoms with Gasteiger partial charge in [-0.3, -0.25) is 4.79 Å². The van der Waals surface area contributed by atoms with Crippen LogP contribution in [0.2, 0.25) is 0 Å². The zero-order valence-electron chi connectivity index (χ0n) is 12.6. The highest BCUT2D eigenvalue weighted by atomic mass is 16.5. The normalized spacial score (nSPS) is 33.4. The van der Waals surface area contributed by atoms with Crippen LogP contribution >= 0.6 is 0 Å². The molecule has 2 atom stereocenters. The van der Waals surface area contributed by atoms with Gasteiger partial charge in [0.15, 0.2) is 0 Å². The van der Waals surface area contributed by atoms with E-state index in [1.807, 2.05) is 4.90 Å². The molecule has 0 aromatic carbocycles. The topological polar surface area (TPSA) is 41.6 Å². The summed E-state index contributed by atoms with van der Waals surface area (Å²) in [4.78, 5) is 13.3. The van der Waals surface area contributed by atoms with E-state index in [-0.39, 0.29) is 11.5 Å². The molecule has 4 heteroatoms. The third-order valence-electron chi connectivity index (χ3n) is 4.75. The van der Waals surface area contributed by atoms with Crippen molar-refractivity contribution in [2.45, 2.75) is 70.6 Å². The van der Waals surface area contributed by atoms with Gasteiger partial charge in [-0.2, -0.15) is 0 Å². The van der Waals surface area contributed by atoms with E-state index in [1.54, 1.807) is 6.92 Å². The summed E-state index contributed by atoms with van der Waals surface area (Å²) in [5.74, 6) is 0.211. The first-order valence-electron chi connectivity index (χ1n) is 7.68. The number of carbonyl (C=O) groups is 1. The summed E-state index contributed by atoms with van der Waals surface area (Å²) in [5, 5.41) is 3.79. The van der Waals surface area contributed by atoms with Crippen LogP contribution in [0.3, 0.4) is 0 Å². The maximum absolute atomic E-state index is 11.3. The van der Waals surface area contributed by atoms with Crippen molar-refractivity contribution in [3.63, 3.8) is 0 Å². The van der Waals surface area contributed by atoms with Crippen LogP contribution in [0.1, 0.15) is 52.9 Å². The van der Waals surface area contributed by atoms with Gasteiger partial charge in [-0.05, 0) is 39.0 Å². The molecule has 2 unspecified atom stereocenters. The van der Waals surface area contributed by atoms with Gasteiger partial charge in [0.2, 0.25) is 5.91 Å². The van der Waals surface area contributed by atoms with E-state index >= 15 is 0 Å². The smallest absolute Gasteiger partial charge is 0.219 e. The Morgan fingerprint density at radius 2 is 2.00 bits per heavy atom. The molecular weight excluding hydrogens is 240 g/mol. The molecule has 0 aromatic rings. The van der Waals surface area contributed by atoms with E-state index in [9.17, 15) is 4.79 Å². The number of hydrogen-bond donors (Lipinski definition) is 1. The first-order chi connectivity index (χ1) is 9.02. The summed E-state index contributed by atoms with van der Waals surface area (Å²) in [6, 6.07) is 1.15. The highest BCUT2D eigenvalue weighted by molar-refractivity contribution is 5.73. The summed E-state index contributed by atoms with van der Waals surface area (Å²) in [6.07, 6.45) is 5.46. The predicted octanol–water partition coefficient (Wildman–Crippen LogP) is 1.93. The van der Waals surface area contributed by atoms with Crippen molar-refractivity contribution in [3.05, 3.63) is 0 Å². The van der Waals surface area contributed by atoms with E-state index in [2.05, 4.69) is 19.2 Å². The highest BCUT2D eigenvalue weighted by Crippen LogP contribution is 2.28. The molecule has 4 nitrogen and oxygen atoms in total. The number of likely N-dealkylation sites (tertiary alicyclic amines) is 1. The number of hydrogen-bond acceptors (Lipinski definition) is 3. The molecule has 2 fully saturated rings. The van der Waals surface area contributed by atoms with Crippen LogP contribution in [0.15, 0.2) is 0 Å². The lowest BCUT2D eigenvalue weighted by Crippen LogP contribution is -2.51. The van der Waals surface area contributed by atoms with Gasteiger partial charge in [-0.1, -0.05) is 6.92 Å². The molecule has 2 rings (SSSR count). The monoisotopic (exact) mass is 268 g/mol. The second-order valence-electron chi connectivity index (χ2n) is 6.29. The Bertz CT molecular complexity index is 313. The molecule has 0 aliphatic carbocycles. The largest absolute Gasteiger partial charge is 0.375 e. The minimum absolute atomic E-state index is 0.0516. The van der Waals surface area contributed by atoms with Gasteiger partial charge >= 0.3 is 0 Å². The van der Waals surface area contributed by atoms with Gasteiger partial charge in [0.25, 0.3) is 0 Å². The Morgan fingerprint density at radius 3 is 2.58 bits per heavy atom. The maximum atomic E-state index is 11.3. The molecule has 0 aromatic heterocycles. The number of nitrogens with zero attached hydrogens (tertiary/aromatic N) is 1. The lowest BCUT2D eigenvalue weighted by molar-refractivity contribution is -0.130. The SMILES string of the molecule is CCC1(C)CC(NC2CCN(C(C)=O)CC2)CCO1. The Balaban J connectivity index is 1.78. The molecular formula is C15H28N2O2. The number of amides is 1. The summed E-state index contributed by atoms with van der Waals surface area (Å²) >= 11 is 0. The second kappa shape index (κ2) is 6.23. The van der Waals surface area contributed by atoms with E-state index in [0.717, 1.165) is 51.8 Å². The number of carbonyl (C=O) groups excluding carboxylic acids is 1. The first kappa shape index (κ1) is 14.8. The van der Waals surface area contributed by atoms with Crippen molar-refractivity contribution < 1.29 is 9.53 Å². The van der Waals surface area contributed by atoms with Crippen molar-refractivity contribution in [1.29, 1.82) is 0 Å². The lowest BCUT2D eigenvalue weighted by Gasteiger charge is -2.41. The summed E-state index contributed by atoms with van der Waals surface area (Å²) in [5.41, 5.74) is 0.0516. The second-order valence-corrected chi connectivity index (χ2v) is 6.29. The molecule has 2 saturated heterocycles. The van der Waals surface area contributed by atoms with E-state index in [1.165, 1.54) is 0 Å². The molecule has 0 spiro atoms. The molecule has 19 heavy (non-hydrogen) atoms. The van der Waals surface area contributed by atoms with Crippen LogP contribution in [-0.2, 0) is 9.53 Å². The van der Waals surface area contributed by atoms with Gasteiger partial charge in [0.1, 0.15) is 0 Å². The van der Waals surface area contributed by atoms with Gasteiger partial charge in [-0.15, -0.1) is 0 Å². The first-order valence-corrected chi connectivity index (χ1v) is 7.68. The summed E-state index contributed by atoms with van der Waals surface area (Å²) in [6.45, 7) is 8.77.